The van der Waals surface area contributed by atoms with E-state index >= 15 is 0 Å². The zero-order chi connectivity index (χ0) is 14.2. The highest BCUT2D eigenvalue weighted by Crippen LogP contribution is 2.41. The van der Waals surface area contributed by atoms with Crippen LogP contribution >= 0.6 is 22.9 Å². The fraction of sp³-hybridized carbons (Fsp3) is 0.471. The largest absolute Gasteiger partial charge is 0.246 e. The number of rotatable bonds is 3. The third-order valence-corrected chi connectivity index (χ3v) is 6.09. The van der Waals surface area contributed by atoms with Crippen molar-refractivity contribution in [3.8, 4) is 0 Å². The zero-order valence-corrected chi connectivity index (χ0v) is 13.7. The molecule has 1 atom stereocenters. The fourth-order valence-electron chi connectivity index (χ4n) is 3.28. The van der Waals surface area contributed by atoms with Gasteiger partial charge < -0.3 is 0 Å². The van der Waals surface area contributed by atoms with Crippen molar-refractivity contribution < 1.29 is 0 Å². The molecular weight excluding hydrogens is 286 g/mol. The van der Waals surface area contributed by atoms with Gasteiger partial charge in [0.05, 0.1) is 10.7 Å². The molecule has 0 aliphatic heterocycles. The summed E-state index contributed by atoms with van der Waals surface area (Å²) in [6.07, 6.45) is 4.57. The van der Waals surface area contributed by atoms with Crippen LogP contribution in [0.1, 0.15) is 39.5 Å². The number of aryl methyl sites for hydroxylation is 3. The Kier molecular flexibility index (Phi) is 3.87. The van der Waals surface area contributed by atoms with E-state index in [1.54, 1.807) is 0 Å². The Morgan fingerprint density at radius 2 is 2.10 bits per heavy atom. The standard InChI is InChI=1S/C17H20ClNS/c1-12-13(2)20-16(19-12)10-17(11-18)9-5-7-14-6-3-4-8-15(14)17/h3-4,6,8H,5,7,9-11H2,1-2H3. The highest BCUT2D eigenvalue weighted by molar-refractivity contribution is 7.11. The molecule has 2 aromatic rings. The lowest BCUT2D eigenvalue weighted by molar-refractivity contribution is 0.396. The van der Waals surface area contributed by atoms with Crippen LogP contribution in [0.4, 0.5) is 0 Å². The highest BCUT2D eigenvalue weighted by Gasteiger charge is 2.36. The van der Waals surface area contributed by atoms with Gasteiger partial charge in [0.25, 0.3) is 0 Å². The summed E-state index contributed by atoms with van der Waals surface area (Å²) in [5.74, 6) is 0.682. The summed E-state index contributed by atoms with van der Waals surface area (Å²) >= 11 is 8.27. The molecule has 0 saturated heterocycles. The summed E-state index contributed by atoms with van der Waals surface area (Å²) in [5, 5.41) is 1.23. The number of aromatic nitrogens is 1. The van der Waals surface area contributed by atoms with Crippen molar-refractivity contribution in [2.45, 2.75) is 44.9 Å². The molecule has 1 nitrogen and oxygen atoms in total. The van der Waals surface area contributed by atoms with Crippen LogP contribution in [-0.4, -0.2) is 10.9 Å². The first-order valence-corrected chi connectivity index (χ1v) is 8.57. The molecule has 0 fully saturated rings. The van der Waals surface area contributed by atoms with Gasteiger partial charge in [-0.05, 0) is 44.2 Å². The molecule has 1 aromatic heterocycles. The van der Waals surface area contributed by atoms with Crippen LogP contribution < -0.4 is 0 Å². The van der Waals surface area contributed by atoms with E-state index in [0.717, 1.165) is 6.42 Å². The van der Waals surface area contributed by atoms with Gasteiger partial charge in [-0.2, -0.15) is 0 Å². The Hall–Kier alpha value is -0.860. The summed E-state index contributed by atoms with van der Waals surface area (Å²) in [4.78, 5) is 6.06. The predicted molar refractivity (Wildman–Crippen MR) is 87.1 cm³/mol. The van der Waals surface area contributed by atoms with E-state index in [2.05, 4.69) is 38.1 Å². The second kappa shape index (κ2) is 5.50. The molecule has 0 spiro atoms. The Labute approximate surface area is 130 Å². The number of hydrogen-bond acceptors (Lipinski definition) is 2. The van der Waals surface area contributed by atoms with Gasteiger partial charge in [-0.15, -0.1) is 22.9 Å². The van der Waals surface area contributed by atoms with Gasteiger partial charge in [0.2, 0.25) is 0 Å². The summed E-state index contributed by atoms with van der Waals surface area (Å²) in [7, 11) is 0. The molecule has 0 amide bonds. The summed E-state index contributed by atoms with van der Waals surface area (Å²) in [5.41, 5.74) is 4.17. The van der Waals surface area contributed by atoms with Gasteiger partial charge in [0, 0.05) is 22.6 Å². The lowest BCUT2D eigenvalue weighted by Gasteiger charge is -2.37. The van der Waals surface area contributed by atoms with E-state index in [1.165, 1.54) is 46.0 Å². The van der Waals surface area contributed by atoms with E-state index in [1.807, 2.05) is 11.3 Å². The Balaban J connectivity index is 2.00. The molecule has 1 aromatic carbocycles. The normalized spacial score (nSPS) is 21.8. The molecular formula is C17H20ClNS. The van der Waals surface area contributed by atoms with Gasteiger partial charge in [-0.25, -0.2) is 4.98 Å². The highest BCUT2D eigenvalue weighted by atomic mass is 35.5. The number of benzene rings is 1. The van der Waals surface area contributed by atoms with E-state index in [-0.39, 0.29) is 5.41 Å². The maximum absolute atomic E-state index is 6.44. The average Bonchev–Trinajstić information content (AvgIpc) is 2.77. The SMILES string of the molecule is Cc1nc(CC2(CCl)CCCc3ccccc32)sc1C. The van der Waals surface area contributed by atoms with E-state index in [9.17, 15) is 0 Å². The minimum absolute atomic E-state index is 0.0765. The molecule has 20 heavy (non-hydrogen) atoms. The van der Waals surface area contributed by atoms with Crippen molar-refractivity contribution in [1.82, 2.24) is 4.98 Å². The number of alkyl halides is 1. The Morgan fingerprint density at radius 1 is 1.30 bits per heavy atom. The van der Waals surface area contributed by atoms with Crippen LogP contribution in [0.2, 0.25) is 0 Å². The third-order valence-electron chi connectivity index (χ3n) is 4.51. The van der Waals surface area contributed by atoms with E-state index < -0.39 is 0 Å². The van der Waals surface area contributed by atoms with Crippen molar-refractivity contribution in [3.05, 3.63) is 51.0 Å². The first-order valence-electron chi connectivity index (χ1n) is 7.22. The number of fused-ring (bicyclic) bond motifs is 1. The molecule has 1 aliphatic rings. The molecule has 106 valence electrons. The molecule has 1 aliphatic carbocycles. The van der Waals surface area contributed by atoms with Crippen molar-refractivity contribution in [3.63, 3.8) is 0 Å². The number of hydrogen-bond donors (Lipinski definition) is 0. The maximum Gasteiger partial charge on any atom is 0.0940 e. The van der Waals surface area contributed by atoms with Crippen LogP contribution in [-0.2, 0) is 18.3 Å². The van der Waals surface area contributed by atoms with Gasteiger partial charge in [-0.1, -0.05) is 24.3 Å². The number of halogens is 1. The molecule has 0 radical (unpaired) electrons. The third kappa shape index (κ3) is 2.40. The minimum atomic E-state index is 0.0765. The molecule has 3 heteroatoms. The topological polar surface area (TPSA) is 12.9 Å². The minimum Gasteiger partial charge on any atom is -0.246 e. The van der Waals surface area contributed by atoms with Gasteiger partial charge in [0.1, 0.15) is 0 Å². The smallest absolute Gasteiger partial charge is 0.0940 e. The summed E-state index contributed by atoms with van der Waals surface area (Å²) < 4.78 is 0. The average molecular weight is 306 g/mol. The molecule has 3 rings (SSSR count). The van der Waals surface area contributed by atoms with Crippen LogP contribution in [0.15, 0.2) is 24.3 Å². The molecule has 1 unspecified atom stereocenters. The van der Waals surface area contributed by atoms with Gasteiger partial charge >= 0.3 is 0 Å². The Morgan fingerprint density at radius 3 is 2.80 bits per heavy atom. The molecule has 0 saturated carbocycles. The van der Waals surface area contributed by atoms with Crippen molar-refractivity contribution >= 4 is 22.9 Å². The summed E-state index contributed by atoms with van der Waals surface area (Å²) in [6.45, 7) is 4.25. The van der Waals surface area contributed by atoms with E-state index in [0.29, 0.717) is 5.88 Å². The van der Waals surface area contributed by atoms with Crippen LogP contribution in [0, 0.1) is 13.8 Å². The number of nitrogens with zero attached hydrogens (tertiary/aromatic N) is 1. The monoisotopic (exact) mass is 305 g/mol. The number of thiazole rings is 1. The second-order valence-electron chi connectivity index (χ2n) is 5.85. The fourth-order valence-corrected chi connectivity index (χ4v) is 4.73. The zero-order valence-electron chi connectivity index (χ0n) is 12.1. The van der Waals surface area contributed by atoms with Crippen molar-refractivity contribution in [1.29, 1.82) is 0 Å². The van der Waals surface area contributed by atoms with Crippen LogP contribution in [0.3, 0.4) is 0 Å². The van der Waals surface area contributed by atoms with Crippen molar-refractivity contribution in [2.24, 2.45) is 0 Å². The van der Waals surface area contributed by atoms with Crippen LogP contribution in [0.5, 0.6) is 0 Å². The Bertz CT molecular complexity index is 600. The van der Waals surface area contributed by atoms with Gasteiger partial charge in [-0.3, -0.25) is 0 Å². The van der Waals surface area contributed by atoms with E-state index in [4.69, 9.17) is 16.6 Å². The lowest BCUT2D eigenvalue weighted by Crippen LogP contribution is -2.35. The maximum atomic E-state index is 6.44. The lowest BCUT2D eigenvalue weighted by atomic mass is 9.69. The first kappa shape index (κ1) is 14.1. The quantitative estimate of drug-likeness (QED) is 0.741. The van der Waals surface area contributed by atoms with Crippen LogP contribution in [0.25, 0.3) is 0 Å². The van der Waals surface area contributed by atoms with Gasteiger partial charge in [0.15, 0.2) is 0 Å². The first-order chi connectivity index (χ1) is 9.64. The molecule has 0 N–H and O–H groups in total. The predicted octanol–water partition coefficient (Wildman–Crippen LogP) is 4.82. The second-order valence-corrected chi connectivity index (χ2v) is 7.41. The molecule has 0 bridgehead atoms. The summed E-state index contributed by atoms with van der Waals surface area (Å²) in [6, 6.07) is 8.81. The molecule has 1 heterocycles. The van der Waals surface area contributed by atoms with Crippen molar-refractivity contribution in [2.75, 3.05) is 5.88 Å².